The van der Waals surface area contributed by atoms with Crippen molar-refractivity contribution in [3.8, 4) is 0 Å². The van der Waals surface area contributed by atoms with Gasteiger partial charge in [0.2, 0.25) is 11.6 Å². The number of hydrogen-bond acceptors (Lipinski definition) is 7. The summed E-state index contributed by atoms with van der Waals surface area (Å²) in [6.07, 6.45) is 1.97. The summed E-state index contributed by atoms with van der Waals surface area (Å²) < 4.78 is 0. The van der Waals surface area contributed by atoms with Crippen molar-refractivity contribution >= 4 is 23.2 Å². The van der Waals surface area contributed by atoms with Crippen molar-refractivity contribution in [2.24, 2.45) is 0 Å². The highest BCUT2D eigenvalue weighted by atomic mass is 16.6. The minimum atomic E-state index is -0.599. The first-order valence-electron chi connectivity index (χ1n) is 7.39. The number of nitro groups is 1. The first kappa shape index (κ1) is 17.1. The Labute approximate surface area is 138 Å². The lowest BCUT2D eigenvalue weighted by molar-refractivity contribution is -0.383. The molecule has 126 valence electrons. The first-order chi connectivity index (χ1) is 11.5. The Morgan fingerprint density at radius 3 is 2.50 bits per heavy atom. The van der Waals surface area contributed by atoms with Crippen LogP contribution >= 0.6 is 0 Å². The number of carbonyl (C=O) groups excluding carboxylic acids is 1. The van der Waals surface area contributed by atoms with E-state index >= 15 is 0 Å². The summed E-state index contributed by atoms with van der Waals surface area (Å²) in [4.78, 5) is 30.5. The number of rotatable bonds is 7. The van der Waals surface area contributed by atoms with Gasteiger partial charge in [-0.3, -0.25) is 25.8 Å². The van der Waals surface area contributed by atoms with Crippen molar-refractivity contribution in [3.63, 3.8) is 0 Å². The largest absolute Gasteiger partial charge is 0.364 e. The molecule has 2 rings (SSSR count). The highest BCUT2D eigenvalue weighted by Gasteiger charge is 2.23. The lowest BCUT2D eigenvalue weighted by Gasteiger charge is -2.10. The Balaban J connectivity index is 2.15. The van der Waals surface area contributed by atoms with Crippen LogP contribution in [0.3, 0.4) is 0 Å². The van der Waals surface area contributed by atoms with Gasteiger partial charge in [-0.15, -0.1) is 0 Å². The molecule has 2 aromatic rings. The monoisotopic (exact) mass is 330 g/mol. The Bertz CT molecular complexity index is 732. The smallest absolute Gasteiger partial charge is 0.354 e. The van der Waals surface area contributed by atoms with Crippen molar-refractivity contribution < 1.29 is 9.72 Å². The van der Waals surface area contributed by atoms with Crippen molar-refractivity contribution in [3.05, 3.63) is 51.8 Å². The van der Waals surface area contributed by atoms with Gasteiger partial charge in [-0.25, -0.2) is 9.97 Å². The van der Waals surface area contributed by atoms with Crippen LogP contribution in [0, 0.1) is 17.0 Å². The zero-order chi connectivity index (χ0) is 17.5. The van der Waals surface area contributed by atoms with E-state index in [9.17, 15) is 14.9 Å². The molecule has 0 atom stereocenters. The highest BCUT2D eigenvalue weighted by Crippen LogP contribution is 2.28. The first-order valence-corrected chi connectivity index (χ1v) is 7.39. The molecule has 0 aliphatic carbocycles. The molecule has 1 aromatic carbocycles. The molecule has 1 amide bonds. The summed E-state index contributed by atoms with van der Waals surface area (Å²) in [5, 5.41) is 14.2. The third-order valence-electron chi connectivity index (χ3n) is 3.16. The number of carbonyl (C=O) groups is 1. The predicted molar refractivity (Wildman–Crippen MR) is 89.7 cm³/mol. The third kappa shape index (κ3) is 4.15. The topological polar surface area (TPSA) is 122 Å². The molecule has 0 bridgehead atoms. The van der Waals surface area contributed by atoms with Crippen LogP contribution in [0.4, 0.5) is 17.3 Å². The summed E-state index contributed by atoms with van der Waals surface area (Å²) in [5.41, 5.74) is 6.02. The predicted octanol–water partition coefficient (Wildman–Crippen LogP) is 2.27. The normalized spacial score (nSPS) is 10.1. The number of nitrogens with zero attached hydrogens (tertiary/aromatic N) is 3. The second kappa shape index (κ2) is 7.86. The Hall–Kier alpha value is -3.23. The van der Waals surface area contributed by atoms with Crippen LogP contribution in [0.2, 0.25) is 0 Å². The Kier molecular flexibility index (Phi) is 5.61. The molecule has 0 aliphatic rings. The average Bonchev–Trinajstić information content (AvgIpc) is 2.58. The molecule has 24 heavy (non-hydrogen) atoms. The van der Waals surface area contributed by atoms with E-state index in [1.807, 2.05) is 13.8 Å². The van der Waals surface area contributed by atoms with Crippen LogP contribution in [0.25, 0.3) is 0 Å². The summed E-state index contributed by atoms with van der Waals surface area (Å²) in [5.74, 6) is -0.413. The quantitative estimate of drug-likeness (QED) is 0.525. The number of aryl methyl sites for hydroxylation is 1. The summed E-state index contributed by atoms with van der Waals surface area (Å²) >= 11 is 0. The molecule has 1 aromatic heterocycles. The molecule has 0 radical (unpaired) electrons. The van der Waals surface area contributed by atoms with E-state index in [4.69, 9.17) is 0 Å². The van der Waals surface area contributed by atoms with Gasteiger partial charge in [0.05, 0.1) is 4.92 Å². The minimum Gasteiger partial charge on any atom is -0.364 e. The molecular weight excluding hydrogens is 312 g/mol. The summed E-state index contributed by atoms with van der Waals surface area (Å²) in [6.45, 7) is 4.38. The van der Waals surface area contributed by atoms with Gasteiger partial charge in [-0.2, -0.15) is 0 Å². The number of aromatic nitrogens is 2. The summed E-state index contributed by atoms with van der Waals surface area (Å²) in [6, 6.07) is 6.92. The van der Waals surface area contributed by atoms with E-state index in [0.29, 0.717) is 12.1 Å². The van der Waals surface area contributed by atoms with Crippen LogP contribution in [-0.2, 0) is 0 Å². The van der Waals surface area contributed by atoms with Gasteiger partial charge in [-0.05, 0) is 25.5 Å². The molecule has 0 fully saturated rings. The number of anilines is 2. The third-order valence-corrected chi connectivity index (χ3v) is 3.16. The highest BCUT2D eigenvalue weighted by molar-refractivity contribution is 5.95. The van der Waals surface area contributed by atoms with Gasteiger partial charge >= 0.3 is 5.69 Å². The second-order valence-corrected chi connectivity index (χ2v) is 5.05. The van der Waals surface area contributed by atoms with Gasteiger partial charge < -0.3 is 5.32 Å². The number of nitrogens with one attached hydrogen (secondary N) is 3. The van der Waals surface area contributed by atoms with Gasteiger partial charge in [-0.1, -0.05) is 24.6 Å². The molecular formula is C15H18N6O3. The summed E-state index contributed by atoms with van der Waals surface area (Å²) in [7, 11) is 0. The minimum absolute atomic E-state index is 0.0888. The van der Waals surface area contributed by atoms with Crippen molar-refractivity contribution in [1.82, 2.24) is 15.4 Å². The lowest BCUT2D eigenvalue weighted by atomic mass is 10.1. The van der Waals surface area contributed by atoms with Crippen LogP contribution in [0.5, 0.6) is 0 Å². The zero-order valence-corrected chi connectivity index (χ0v) is 13.4. The van der Waals surface area contributed by atoms with E-state index in [0.717, 1.165) is 12.0 Å². The fraction of sp³-hybridized carbons (Fsp3) is 0.267. The molecule has 0 spiro atoms. The van der Waals surface area contributed by atoms with Gasteiger partial charge in [0.1, 0.15) is 6.33 Å². The van der Waals surface area contributed by atoms with Crippen molar-refractivity contribution in [2.45, 2.75) is 20.3 Å². The maximum absolute atomic E-state index is 12.1. The molecule has 0 aliphatic heterocycles. The molecule has 0 unspecified atom stereocenters. The zero-order valence-electron chi connectivity index (χ0n) is 13.4. The Morgan fingerprint density at radius 2 is 1.88 bits per heavy atom. The maximum Gasteiger partial charge on any atom is 0.354 e. The van der Waals surface area contributed by atoms with E-state index < -0.39 is 10.8 Å². The van der Waals surface area contributed by atoms with Crippen LogP contribution < -0.4 is 16.2 Å². The van der Waals surface area contributed by atoms with Gasteiger partial charge in [0.15, 0.2) is 0 Å². The fourth-order valence-corrected chi connectivity index (χ4v) is 1.91. The number of benzene rings is 1. The van der Waals surface area contributed by atoms with Gasteiger partial charge in [0.25, 0.3) is 5.91 Å². The standard InChI is InChI=1S/C15H18N6O3/c1-3-8-16-13-12(21(23)24)14(18-9-17-13)19-20-15(22)11-6-4-10(2)5-7-11/h4-7,9H,3,8H2,1-2H3,(H,20,22)(H2,16,17,18,19). The lowest BCUT2D eigenvalue weighted by Crippen LogP contribution is -2.30. The SMILES string of the molecule is CCCNc1ncnc(NNC(=O)c2ccc(C)cc2)c1[N+](=O)[O-]. The average molecular weight is 330 g/mol. The van der Waals surface area contributed by atoms with Crippen LogP contribution in [0.1, 0.15) is 29.3 Å². The molecule has 1 heterocycles. The molecule has 9 nitrogen and oxygen atoms in total. The van der Waals surface area contributed by atoms with Crippen molar-refractivity contribution in [1.29, 1.82) is 0 Å². The number of amides is 1. The molecule has 0 saturated carbocycles. The van der Waals surface area contributed by atoms with Crippen molar-refractivity contribution in [2.75, 3.05) is 17.3 Å². The van der Waals surface area contributed by atoms with E-state index in [-0.39, 0.29) is 17.3 Å². The van der Waals surface area contributed by atoms with E-state index in [1.165, 1.54) is 6.33 Å². The number of hydrazine groups is 1. The molecule has 9 heteroatoms. The second-order valence-electron chi connectivity index (χ2n) is 5.05. The number of hydrogen-bond donors (Lipinski definition) is 3. The van der Waals surface area contributed by atoms with E-state index in [1.54, 1.807) is 24.3 Å². The molecule has 0 saturated heterocycles. The Morgan fingerprint density at radius 1 is 1.21 bits per heavy atom. The molecule has 3 N–H and O–H groups in total. The maximum atomic E-state index is 12.1. The van der Waals surface area contributed by atoms with Crippen LogP contribution in [0.15, 0.2) is 30.6 Å². The van der Waals surface area contributed by atoms with E-state index in [2.05, 4.69) is 26.1 Å². The van der Waals surface area contributed by atoms with Gasteiger partial charge in [0, 0.05) is 12.1 Å². The van der Waals surface area contributed by atoms with Crippen LogP contribution in [-0.4, -0.2) is 27.3 Å². The fourth-order valence-electron chi connectivity index (χ4n) is 1.91.